The molecule has 0 amide bonds. The average molecular weight is 172 g/mol. The van der Waals surface area contributed by atoms with E-state index in [1.165, 1.54) is 16.3 Å². The second kappa shape index (κ2) is 2.73. The Balaban J connectivity index is 2.94. The van der Waals surface area contributed by atoms with Gasteiger partial charge in [-0.05, 0) is 30.4 Å². The molecule has 2 rings (SSSR count). The van der Waals surface area contributed by atoms with Gasteiger partial charge in [0.2, 0.25) is 0 Å². The van der Waals surface area contributed by atoms with Crippen LogP contribution in [-0.4, -0.2) is 4.98 Å². The predicted octanol–water partition coefficient (Wildman–Crippen LogP) is 2.43. The van der Waals surface area contributed by atoms with E-state index in [9.17, 15) is 0 Å². The van der Waals surface area contributed by atoms with Gasteiger partial charge in [0.25, 0.3) is 0 Å². The van der Waals surface area contributed by atoms with Crippen LogP contribution in [0.15, 0.2) is 24.4 Å². The summed E-state index contributed by atoms with van der Waals surface area (Å²) in [7, 11) is 0. The second-order valence-corrected chi connectivity index (χ2v) is 3.30. The highest BCUT2D eigenvalue weighted by Crippen LogP contribution is 2.23. The number of aromatic nitrogens is 1. The Kier molecular flexibility index (Phi) is 1.69. The number of hydrogen-bond acceptors (Lipinski definition) is 2. The van der Waals surface area contributed by atoms with Crippen molar-refractivity contribution in [2.75, 3.05) is 5.73 Å². The van der Waals surface area contributed by atoms with Crippen LogP contribution in [0.2, 0.25) is 0 Å². The fraction of sp³-hybridized carbons (Fsp3) is 0.182. The normalized spacial score (nSPS) is 10.6. The van der Waals surface area contributed by atoms with Gasteiger partial charge >= 0.3 is 0 Å². The van der Waals surface area contributed by atoms with Crippen molar-refractivity contribution in [2.24, 2.45) is 0 Å². The minimum atomic E-state index is 0.623. The van der Waals surface area contributed by atoms with Crippen molar-refractivity contribution in [3.63, 3.8) is 0 Å². The van der Waals surface area contributed by atoms with Gasteiger partial charge in [-0.3, -0.25) is 0 Å². The number of pyridine rings is 1. The average Bonchev–Trinajstić information content (AvgIpc) is 2.12. The van der Waals surface area contributed by atoms with Gasteiger partial charge in [-0.2, -0.15) is 0 Å². The van der Waals surface area contributed by atoms with Crippen LogP contribution in [0.1, 0.15) is 11.1 Å². The molecule has 66 valence electrons. The first kappa shape index (κ1) is 8.05. The van der Waals surface area contributed by atoms with Crippen LogP contribution in [0.5, 0.6) is 0 Å². The monoisotopic (exact) mass is 172 g/mol. The largest absolute Gasteiger partial charge is 0.383 e. The molecule has 0 aliphatic heterocycles. The molecule has 0 fully saturated rings. The Bertz CT molecular complexity index is 461. The third kappa shape index (κ3) is 1.15. The highest BCUT2D eigenvalue weighted by Gasteiger charge is 2.02. The van der Waals surface area contributed by atoms with E-state index >= 15 is 0 Å². The van der Waals surface area contributed by atoms with Gasteiger partial charge in [0.05, 0.1) is 0 Å². The Labute approximate surface area is 77.4 Å². The topological polar surface area (TPSA) is 38.9 Å². The molecule has 0 saturated carbocycles. The van der Waals surface area contributed by atoms with Gasteiger partial charge < -0.3 is 5.73 Å². The molecule has 0 atom stereocenters. The van der Waals surface area contributed by atoms with Crippen LogP contribution < -0.4 is 5.73 Å². The van der Waals surface area contributed by atoms with Crippen LogP contribution in [0.3, 0.4) is 0 Å². The Hall–Kier alpha value is -1.57. The molecule has 2 N–H and O–H groups in total. The summed E-state index contributed by atoms with van der Waals surface area (Å²) >= 11 is 0. The summed E-state index contributed by atoms with van der Waals surface area (Å²) in [6.07, 6.45) is 1.84. The first-order valence-electron chi connectivity index (χ1n) is 4.30. The van der Waals surface area contributed by atoms with E-state index in [4.69, 9.17) is 5.73 Å². The highest BCUT2D eigenvalue weighted by molar-refractivity contribution is 5.89. The molecule has 2 nitrogen and oxygen atoms in total. The lowest BCUT2D eigenvalue weighted by atomic mass is 10.0. The quantitative estimate of drug-likeness (QED) is 0.662. The summed E-state index contributed by atoms with van der Waals surface area (Å²) in [6.45, 7) is 4.09. The number of nitrogen functional groups attached to an aromatic ring is 1. The van der Waals surface area contributed by atoms with Crippen LogP contribution in [-0.2, 0) is 0 Å². The SMILES string of the molecule is Cc1cccc2c(C)c(N)ncc12. The summed E-state index contributed by atoms with van der Waals surface area (Å²) in [4.78, 5) is 4.15. The van der Waals surface area contributed by atoms with Gasteiger partial charge in [-0.1, -0.05) is 18.2 Å². The maximum absolute atomic E-state index is 5.72. The molecule has 1 aromatic heterocycles. The van der Waals surface area contributed by atoms with Crippen molar-refractivity contribution in [3.05, 3.63) is 35.5 Å². The van der Waals surface area contributed by atoms with Crippen molar-refractivity contribution >= 4 is 16.6 Å². The van der Waals surface area contributed by atoms with E-state index in [2.05, 4.69) is 24.0 Å². The zero-order chi connectivity index (χ0) is 9.42. The molecule has 0 radical (unpaired) electrons. The Morgan fingerprint density at radius 1 is 1.15 bits per heavy atom. The minimum Gasteiger partial charge on any atom is -0.383 e. The molecule has 13 heavy (non-hydrogen) atoms. The van der Waals surface area contributed by atoms with Crippen LogP contribution in [0.25, 0.3) is 10.8 Å². The molecule has 0 aliphatic carbocycles. The number of benzene rings is 1. The lowest BCUT2D eigenvalue weighted by Gasteiger charge is -2.05. The first-order chi connectivity index (χ1) is 6.20. The van der Waals surface area contributed by atoms with Crippen LogP contribution in [0, 0.1) is 13.8 Å². The van der Waals surface area contributed by atoms with Crippen molar-refractivity contribution in [3.8, 4) is 0 Å². The zero-order valence-electron chi connectivity index (χ0n) is 7.83. The molecule has 0 unspecified atom stereocenters. The maximum Gasteiger partial charge on any atom is 0.126 e. The van der Waals surface area contributed by atoms with Gasteiger partial charge in [0, 0.05) is 11.6 Å². The van der Waals surface area contributed by atoms with E-state index in [1.54, 1.807) is 0 Å². The lowest BCUT2D eigenvalue weighted by Crippen LogP contribution is -1.94. The van der Waals surface area contributed by atoms with Crippen molar-refractivity contribution < 1.29 is 0 Å². The molecule has 0 spiro atoms. The Morgan fingerprint density at radius 3 is 2.69 bits per heavy atom. The summed E-state index contributed by atoms with van der Waals surface area (Å²) < 4.78 is 0. The van der Waals surface area contributed by atoms with Gasteiger partial charge in [0.1, 0.15) is 5.82 Å². The number of fused-ring (bicyclic) bond motifs is 1. The van der Waals surface area contributed by atoms with Crippen molar-refractivity contribution in [2.45, 2.75) is 13.8 Å². The minimum absolute atomic E-state index is 0.623. The first-order valence-corrected chi connectivity index (χ1v) is 4.30. The molecular weight excluding hydrogens is 160 g/mol. The number of hydrogen-bond donors (Lipinski definition) is 1. The molecule has 0 aliphatic rings. The highest BCUT2D eigenvalue weighted by atomic mass is 14.8. The van der Waals surface area contributed by atoms with E-state index in [0.29, 0.717) is 5.82 Å². The number of anilines is 1. The maximum atomic E-state index is 5.72. The number of rotatable bonds is 0. The number of nitrogens with two attached hydrogens (primary N) is 1. The summed E-state index contributed by atoms with van der Waals surface area (Å²) in [5.74, 6) is 0.623. The standard InChI is InChI=1S/C11H12N2/c1-7-4-3-5-9-8(2)11(12)13-6-10(7)9/h3-6H,1-2H3,(H2,12,13). The molecule has 2 aromatic rings. The van der Waals surface area contributed by atoms with E-state index < -0.39 is 0 Å². The number of aryl methyl sites for hydroxylation is 2. The van der Waals surface area contributed by atoms with E-state index in [1.807, 2.05) is 19.2 Å². The van der Waals surface area contributed by atoms with Gasteiger partial charge in [-0.25, -0.2) is 4.98 Å². The molecule has 0 bridgehead atoms. The van der Waals surface area contributed by atoms with Crippen molar-refractivity contribution in [1.29, 1.82) is 0 Å². The summed E-state index contributed by atoms with van der Waals surface area (Å²) in [5, 5.41) is 2.39. The smallest absolute Gasteiger partial charge is 0.126 e. The fourth-order valence-corrected chi connectivity index (χ4v) is 1.55. The van der Waals surface area contributed by atoms with Crippen LogP contribution in [0.4, 0.5) is 5.82 Å². The van der Waals surface area contributed by atoms with Crippen molar-refractivity contribution in [1.82, 2.24) is 4.98 Å². The zero-order valence-corrected chi connectivity index (χ0v) is 7.83. The molecule has 1 heterocycles. The third-order valence-corrected chi connectivity index (χ3v) is 2.45. The van der Waals surface area contributed by atoms with E-state index in [0.717, 1.165) is 5.56 Å². The molecule has 2 heteroatoms. The fourth-order valence-electron chi connectivity index (χ4n) is 1.55. The molecular formula is C11H12N2. The number of nitrogens with zero attached hydrogens (tertiary/aromatic N) is 1. The lowest BCUT2D eigenvalue weighted by molar-refractivity contribution is 1.31. The molecule has 0 saturated heterocycles. The predicted molar refractivity (Wildman–Crippen MR) is 55.6 cm³/mol. The van der Waals surface area contributed by atoms with Crippen LogP contribution >= 0.6 is 0 Å². The molecule has 1 aromatic carbocycles. The van der Waals surface area contributed by atoms with Gasteiger partial charge in [-0.15, -0.1) is 0 Å². The summed E-state index contributed by atoms with van der Waals surface area (Å²) in [5.41, 5.74) is 8.04. The third-order valence-electron chi connectivity index (χ3n) is 2.45. The second-order valence-electron chi connectivity index (χ2n) is 3.30. The van der Waals surface area contributed by atoms with Gasteiger partial charge in [0.15, 0.2) is 0 Å². The summed E-state index contributed by atoms with van der Waals surface area (Å²) in [6, 6.07) is 6.21. The van der Waals surface area contributed by atoms with E-state index in [-0.39, 0.29) is 0 Å². The Morgan fingerprint density at radius 2 is 1.92 bits per heavy atom.